The molecule has 0 aliphatic carbocycles. The van der Waals surface area contributed by atoms with E-state index in [-0.39, 0.29) is 10.6 Å². The molecule has 0 aliphatic rings. The van der Waals surface area contributed by atoms with Gasteiger partial charge in [-0.3, -0.25) is 14.6 Å². The van der Waals surface area contributed by atoms with Crippen molar-refractivity contribution in [3.63, 3.8) is 0 Å². The van der Waals surface area contributed by atoms with Crippen LogP contribution in [0.1, 0.15) is 10.6 Å². The highest BCUT2D eigenvalue weighted by Gasteiger charge is 2.32. The number of carbonyl (C=O) groups is 1. The fourth-order valence-electron chi connectivity index (χ4n) is 1.35. The lowest BCUT2D eigenvalue weighted by atomic mass is 10.2. The number of rotatable bonds is 5. The third-order valence-electron chi connectivity index (χ3n) is 2.20. The van der Waals surface area contributed by atoms with Crippen LogP contribution in [0.2, 0.25) is 0 Å². The van der Waals surface area contributed by atoms with Crippen LogP contribution in [0.15, 0.2) is 18.2 Å². The Balaban J connectivity index is 3.02. The summed E-state index contributed by atoms with van der Waals surface area (Å²) in [6, 6.07) is 2.14. The summed E-state index contributed by atoms with van der Waals surface area (Å²) >= 11 is 0.488. The summed E-state index contributed by atoms with van der Waals surface area (Å²) in [6.45, 7) is 0. The first-order valence-electron chi connectivity index (χ1n) is 5.19. The third-order valence-corrected chi connectivity index (χ3v) is 5.38. The molecule has 1 amide bonds. The molecule has 6 nitrogen and oxygen atoms in total. The maximum absolute atomic E-state index is 13.1. The van der Waals surface area contributed by atoms with E-state index in [1.165, 1.54) is 0 Å². The van der Waals surface area contributed by atoms with Gasteiger partial charge in [-0.15, -0.1) is 11.8 Å². The molecule has 0 saturated heterocycles. The fourth-order valence-corrected chi connectivity index (χ4v) is 3.70. The van der Waals surface area contributed by atoms with Gasteiger partial charge in [-0.1, -0.05) is 0 Å². The van der Waals surface area contributed by atoms with E-state index in [4.69, 9.17) is 5.21 Å². The number of thioether (sulfide) groups is 1. The number of halogens is 2. The number of nitrogens with zero attached hydrogens (tertiary/aromatic N) is 1. The second kappa shape index (κ2) is 6.64. The summed E-state index contributed by atoms with van der Waals surface area (Å²) < 4.78 is 37.6. The van der Waals surface area contributed by atoms with Gasteiger partial charge in [-0.05, 0) is 17.7 Å². The van der Waals surface area contributed by atoms with Crippen molar-refractivity contribution in [1.82, 2.24) is 5.06 Å². The van der Waals surface area contributed by atoms with E-state index in [9.17, 15) is 27.9 Å². The SMILES string of the molecule is CN(O)C(=O)CSC(c1cc(F)cc(F)c1)P(=O)(O)O. The summed E-state index contributed by atoms with van der Waals surface area (Å²) in [7, 11) is -3.69. The highest BCUT2D eigenvalue weighted by Crippen LogP contribution is 2.58. The monoisotopic (exact) mass is 327 g/mol. The van der Waals surface area contributed by atoms with E-state index < -0.39 is 35.9 Å². The van der Waals surface area contributed by atoms with Crippen LogP contribution in [0, 0.1) is 11.6 Å². The van der Waals surface area contributed by atoms with E-state index in [1.54, 1.807) is 0 Å². The van der Waals surface area contributed by atoms with Gasteiger partial charge in [-0.25, -0.2) is 13.8 Å². The number of hydroxylamine groups is 2. The topological polar surface area (TPSA) is 98.1 Å². The van der Waals surface area contributed by atoms with Crippen molar-refractivity contribution >= 4 is 25.3 Å². The summed E-state index contributed by atoms with van der Waals surface area (Å²) in [5.74, 6) is -3.22. The van der Waals surface area contributed by atoms with Gasteiger partial charge in [0.05, 0.1) is 5.75 Å². The van der Waals surface area contributed by atoms with Crippen LogP contribution in [0.3, 0.4) is 0 Å². The highest BCUT2D eigenvalue weighted by molar-refractivity contribution is 8.05. The molecule has 3 N–H and O–H groups in total. The lowest BCUT2D eigenvalue weighted by Gasteiger charge is -2.19. The lowest BCUT2D eigenvalue weighted by Crippen LogP contribution is -2.24. The van der Waals surface area contributed by atoms with Gasteiger partial charge in [-0.2, -0.15) is 0 Å². The molecular formula is C10H12F2NO5PS. The van der Waals surface area contributed by atoms with Crippen LogP contribution < -0.4 is 0 Å². The number of hydrogen-bond acceptors (Lipinski definition) is 4. The van der Waals surface area contributed by atoms with E-state index in [1.807, 2.05) is 0 Å². The Labute approximate surface area is 117 Å². The molecule has 20 heavy (non-hydrogen) atoms. The van der Waals surface area contributed by atoms with Gasteiger partial charge in [0.15, 0.2) is 0 Å². The van der Waals surface area contributed by atoms with Crippen molar-refractivity contribution in [2.75, 3.05) is 12.8 Å². The van der Waals surface area contributed by atoms with Crippen molar-refractivity contribution in [3.8, 4) is 0 Å². The molecule has 0 spiro atoms. The zero-order valence-electron chi connectivity index (χ0n) is 10.2. The minimum absolute atomic E-state index is 0.260. The van der Waals surface area contributed by atoms with Crippen LogP contribution >= 0.6 is 19.4 Å². The molecule has 1 unspecified atom stereocenters. The van der Waals surface area contributed by atoms with Crippen molar-refractivity contribution in [2.45, 2.75) is 4.99 Å². The molecule has 1 atom stereocenters. The van der Waals surface area contributed by atoms with Gasteiger partial charge in [0.1, 0.15) is 16.6 Å². The highest BCUT2D eigenvalue weighted by atomic mass is 32.2. The first-order valence-corrected chi connectivity index (χ1v) is 7.92. The summed E-state index contributed by atoms with van der Waals surface area (Å²) in [6.07, 6.45) is 0. The zero-order chi connectivity index (χ0) is 15.5. The number of carbonyl (C=O) groups excluding carboxylic acids is 1. The molecule has 0 heterocycles. The number of hydrogen-bond donors (Lipinski definition) is 3. The van der Waals surface area contributed by atoms with E-state index in [0.29, 0.717) is 17.8 Å². The second-order valence-electron chi connectivity index (χ2n) is 3.87. The van der Waals surface area contributed by atoms with E-state index >= 15 is 0 Å². The molecule has 0 aromatic heterocycles. The largest absolute Gasteiger partial charge is 0.342 e. The molecule has 0 bridgehead atoms. The third kappa shape index (κ3) is 4.84. The average Bonchev–Trinajstić information content (AvgIpc) is 2.25. The molecule has 0 saturated carbocycles. The molecule has 0 fully saturated rings. The molecule has 1 rings (SSSR count). The molecular weight excluding hydrogens is 315 g/mol. The van der Waals surface area contributed by atoms with Gasteiger partial charge in [0.2, 0.25) is 0 Å². The Morgan fingerprint density at radius 1 is 1.35 bits per heavy atom. The van der Waals surface area contributed by atoms with Gasteiger partial charge in [0.25, 0.3) is 5.91 Å². The quantitative estimate of drug-likeness (QED) is 0.433. The smallest absolute Gasteiger partial charge is 0.323 e. The van der Waals surface area contributed by atoms with Gasteiger partial charge < -0.3 is 9.79 Å². The van der Waals surface area contributed by atoms with Crippen molar-refractivity contribution in [1.29, 1.82) is 0 Å². The van der Waals surface area contributed by atoms with Gasteiger partial charge >= 0.3 is 7.60 Å². The Morgan fingerprint density at radius 2 is 1.85 bits per heavy atom. The molecule has 0 aliphatic heterocycles. The minimum Gasteiger partial charge on any atom is -0.323 e. The lowest BCUT2D eigenvalue weighted by molar-refractivity contribution is -0.155. The Morgan fingerprint density at radius 3 is 2.25 bits per heavy atom. The summed E-state index contributed by atoms with van der Waals surface area (Å²) in [5, 5.41) is 9.11. The van der Waals surface area contributed by atoms with Crippen molar-refractivity contribution in [3.05, 3.63) is 35.4 Å². The maximum atomic E-state index is 13.1. The van der Waals surface area contributed by atoms with Gasteiger partial charge in [0, 0.05) is 13.1 Å². The van der Waals surface area contributed by atoms with Crippen molar-refractivity contribution < 1.29 is 33.1 Å². The van der Waals surface area contributed by atoms with Crippen LogP contribution in [-0.4, -0.2) is 38.8 Å². The Hall–Kier alpha value is -0.990. The maximum Gasteiger partial charge on any atom is 0.342 e. The zero-order valence-corrected chi connectivity index (χ0v) is 11.9. The Kier molecular flexibility index (Phi) is 5.67. The molecule has 1 aromatic carbocycles. The van der Waals surface area contributed by atoms with Crippen molar-refractivity contribution in [2.24, 2.45) is 0 Å². The normalized spacial score (nSPS) is 13.1. The first kappa shape index (κ1) is 17.1. The van der Waals surface area contributed by atoms with E-state index in [2.05, 4.69) is 0 Å². The first-order chi connectivity index (χ1) is 9.11. The predicted octanol–water partition coefficient (Wildman–Crippen LogP) is 1.72. The van der Waals surface area contributed by atoms with Crippen LogP contribution in [0.5, 0.6) is 0 Å². The second-order valence-corrected chi connectivity index (χ2v) is 7.01. The van der Waals surface area contributed by atoms with Crippen LogP contribution in [-0.2, 0) is 9.36 Å². The Bertz CT molecular complexity index is 530. The standard InChI is InChI=1S/C10H12F2NO5PS/c1-13(15)9(14)5-20-10(19(16,17)18)6-2-7(11)4-8(12)3-6/h2-4,10,15H,5H2,1H3,(H2,16,17,18). The molecule has 1 aromatic rings. The molecule has 112 valence electrons. The predicted molar refractivity (Wildman–Crippen MR) is 68.2 cm³/mol. The van der Waals surface area contributed by atoms with Crippen LogP contribution in [0.25, 0.3) is 0 Å². The average molecular weight is 327 g/mol. The summed E-state index contributed by atoms with van der Waals surface area (Å²) in [5.41, 5.74) is -0.269. The number of amides is 1. The van der Waals surface area contributed by atoms with E-state index in [0.717, 1.165) is 19.2 Å². The van der Waals surface area contributed by atoms with Crippen LogP contribution in [0.4, 0.5) is 8.78 Å². The fraction of sp³-hybridized carbons (Fsp3) is 0.300. The number of benzene rings is 1. The molecule has 0 radical (unpaired) electrons. The summed E-state index contributed by atoms with van der Waals surface area (Å²) in [4.78, 5) is 28.0. The minimum atomic E-state index is -4.75. The molecule has 10 heteroatoms.